The lowest BCUT2D eigenvalue weighted by molar-refractivity contribution is -0.122. The molecule has 2 heterocycles. The van der Waals surface area contributed by atoms with Crippen LogP contribution in [0.25, 0.3) is 6.08 Å². The van der Waals surface area contributed by atoms with Crippen LogP contribution in [0.4, 0.5) is 14.9 Å². The number of urea groups is 1. The van der Waals surface area contributed by atoms with E-state index in [2.05, 4.69) is 5.32 Å². The number of nitrogens with one attached hydrogen (secondary N) is 1. The van der Waals surface area contributed by atoms with Gasteiger partial charge in [0.1, 0.15) is 17.2 Å². The van der Waals surface area contributed by atoms with E-state index in [1.165, 1.54) is 18.2 Å². The zero-order chi connectivity index (χ0) is 16.6. The van der Waals surface area contributed by atoms with E-state index in [9.17, 15) is 18.8 Å². The quantitative estimate of drug-likeness (QED) is 0.455. The lowest BCUT2D eigenvalue weighted by Gasteiger charge is -2.26. The number of carbonyl (C=O) groups excluding carboxylic acids is 3. The summed E-state index contributed by atoms with van der Waals surface area (Å²) >= 11 is 1.94. The zero-order valence-electron chi connectivity index (χ0n) is 11.4. The van der Waals surface area contributed by atoms with Crippen molar-refractivity contribution in [2.45, 2.75) is 0 Å². The molecule has 0 unspecified atom stereocenters. The first-order valence-corrected chi connectivity index (χ1v) is 7.46. The third kappa shape index (κ3) is 3.02. The van der Waals surface area contributed by atoms with Gasteiger partial charge < -0.3 is 4.42 Å². The molecule has 8 heteroatoms. The fourth-order valence-corrected chi connectivity index (χ4v) is 2.46. The molecular formula is C15H8FIN2O4. The van der Waals surface area contributed by atoms with Crippen molar-refractivity contribution in [3.8, 4) is 0 Å². The molecular weight excluding hydrogens is 418 g/mol. The molecule has 6 nitrogen and oxygen atoms in total. The van der Waals surface area contributed by atoms with Crippen molar-refractivity contribution in [1.82, 2.24) is 5.32 Å². The van der Waals surface area contributed by atoms with E-state index in [1.807, 2.05) is 22.6 Å². The van der Waals surface area contributed by atoms with Gasteiger partial charge in [-0.3, -0.25) is 14.9 Å². The van der Waals surface area contributed by atoms with Crippen LogP contribution in [-0.4, -0.2) is 17.8 Å². The Bertz CT molecular complexity index is 841. The summed E-state index contributed by atoms with van der Waals surface area (Å²) in [7, 11) is 0. The van der Waals surface area contributed by atoms with Crippen LogP contribution in [0.15, 0.2) is 46.4 Å². The van der Waals surface area contributed by atoms with Gasteiger partial charge in [-0.15, -0.1) is 0 Å². The molecule has 1 aliphatic heterocycles. The predicted octanol–water partition coefficient (Wildman–Crippen LogP) is 2.69. The first kappa shape index (κ1) is 15.4. The zero-order valence-corrected chi connectivity index (χ0v) is 13.5. The van der Waals surface area contributed by atoms with Gasteiger partial charge >= 0.3 is 6.03 Å². The maximum Gasteiger partial charge on any atom is 0.335 e. The number of hydrogen-bond acceptors (Lipinski definition) is 4. The maximum absolute atomic E-state index is 13.0. The van der Waals surface area contributed by atoms with E-state index in [1.54, 1.807) is 12.1 Å². The van der Waals surface area contributed by atoms with Gasteiger partial charge in [-0.25, -0.2) is 14.1 Å². The lowest BCUT2D eigenvalue weighted by Crippen LogP contribution is -2.54. The van der Waals surface area contributed by atoms with E-state index in [0.717, 1.165) is 17.0 Å². The summed E-state index contributed by atoms with van der Waals surface area (Å²) in [5, 5.41) is 2.07. The number of halogens is 2. The Morgan fingerprint density at radius 2 is 1.78 bits per heavy atom. The normalized spacial score (nSPS) is 16.9. The SMILES string of the molecule is O=C1NC(=O)N(c2ccc(F)cc2)C(=O)/C1=C/c1ccc(I)o1. The average molecular weight is 426 g/mol. The molecule has 0 spiro atoms. The minimum Gasteiger partial charge on any atom is -0.451 e. The molecule has 3 rings (SSSR count). The van der Waals surface area contributed by atoms with Crippen LogP contribution in [0.1, 0.15) is 5.76 Å². The van der Waals surface area contributed by atoms with Crippen molar-refractivity contribution in [1.29, 1.82) is 0 Å². The molecule has 1 saturated heterocycles. The molecule has 23 heavy (non-hydrogen) atoms. The number of amides is 4. The average Bonchev–Trinajstić information content (AvgIpc) is 2.91. The summed E-state index contributed by atoms with van der Waals surface area (Å²) < 4.78 is 18.9. The monoisotopic (exact) mass is 426 g/mol. The van der Waals surface area contributed by atoms with Crippen LogP contribution in [0.5, 0.6) is 0 Å². The highest BCUT2D eigenvalue weighted by molar-refractivity contribution is 14.1. The summed E-state index contributed by atoms with van der Waals surface area (Å²) in [6.07, 6.45) is 1.25. The van der Waals surface area contributed by atoms with Crippen molar-refractivity contribution in [3.05, 3.63) is 57.3 Å². The van der Waals surface area contributed by atoms with Crippen molar-refractivity contribution in [2.75, 3.05) is 4.90 Å². The summed E-state index contributed by atoms with van der Waals surface area (Å²) in [4.78, 5) is 37.1. The molecule has 0 radical (unpaired) electrons. The summed E-state index contributed by atoms with van der Waals surface area (Å²) in [6.45, 7) is 0. The Kier molecular flexibility index (Phi) is 3.99. The van der Waals surface area contributed by atoms with E-state index < -0.39 is 23.7 Å². The summed E-state index contributed by atoms with van der Waals surface area (Å²) in [5.74, 6) is -1.82. The van der Waals surface area contributed by atoms with Crippen LogP contribution in [0.3, 0.4) is 0 Å². The van der Waals surface area contributed by atoms with Crippen LogP contribution in [0.2, 0.25) is 0 Å². The molecule has 116 valence electrons. The number of anilines is 1. The number of hydrogen-bond donors (Lipinski definition) is 1. The number of benzene rings is 1. The summed E-state index contributed by atoms with van der Waals surface area (Å²) in [6, 6.07) is 7.15. The van der Waals surface area contributed by atoms with Crippen molar-refractivity contribution >= 4 is 52.2 Å². The Morgan fingerprint density at radius 3 is 2.39 bits per heavy atom. The van der Waals surface area contributed by atoms with Crippen LogP contribution < -0.4 is 10.2 Å². The van der Waals surface area contributed by atoms with Crippen molar-refractivity contribution < 1.29 is 23.2 Å². The summed E-state index contributed by atoms with van der Waals surface area (Å²) in [5.41, 5.74) is -0.0963. The third-order valence-corrected chi connectivity index (χ3v) is 3.65. The molecule has 1 aromatic heterocycles. The second kappa shape index (κ2) is 5.95. The number of imide groups is 2. The van der Waals surface area contributed by atoms with Gasteiger partial charge in [0.2, 0.25) is 0 Å². The first-order valence-electron chi connectivity index (χ1n) is 6.38. The minimum atomic E-state index is -0.891. The third-order valence-electron chi connectivity index (χ3n) is 3.07. The maximum atomic E-state index is 13.0. The van der Waals surface area contributed by atoms with Gasteiger partial charge in [-0.1, -0.05) is 0 Å². The van der Waals surface area contributed by atoms with Gasteiger partial charge in [0.15, 0.2) is 3.77 Å². The molecule has 0 saturated carbocycles. The number of carbonyl (C=O) groups is 3. The molecule has 4 amide bonds. The fourth-order valence-electron chi connectivity index (χ4n) is 2.03. The highest BCUT2D eigenvalue weighted by Gasteiger charge is 2.37. The number of nitrogens with zero attached hydrogens (tertiary/aromatic N) is 1. The fraction of sp³-hybridized carbons (Fsp3) is 0. The highest BCUT2D eigenvalue weighted by Crippen LogP contribution is 2.22. The second-order valence-corrected chi connectivity index (χ2v) is 5.64. The van der Waals surface area contributed by atoms with Crippen LogP contribution in [0, 0.1) is 9.58 Å². The molecule has 2 aromatic rings. The molecule has 1 fully saturated rings. The molecule has 1 aromatic carbocycles. The number of furan rings is 1. The predicted molar refractivity (Wildman–Crippen MR) is 86.8 cm³/mol. The van der Waals surface area contributed by atoms with Gasteiger partial charge in [-0.2, -0.15) is 0 Å². The van der Waals surface area contributed by atoms with Crippen molar-refractivity contribution in [3.63, 3.8) is 0 Å². The van der Waals surface area contributed by atoms with E-state index in [4.69, 9.17) is 4.42 Å². The van der Waals surface area contributed by atoms with Crippen molar-refractivity contribution in [2.24, 2.45) is 0 Å². The van der Waals surface area contributed by atoms with Gasteiger partial charge in [0.05, 0.1) is 5.69 Å². The minimum absolute atomic E-state index is 0.154. The number of barbiturate groups is 1. The van der Waals surface area contributed by atoms with Crippen LogP contribution in [-0.2, 0) is 9.59 Å². The largest absolute Gasteiger partial charge is 0.451 e. The van der Waals surface area contributed by atoms with E-state index >= 15 is 0 Å². The topological polar surface area (TPSA) is 79.6 Å². The van der Waals surface area contributed by atoms with Gasteiger partial charge in [0, 0.05) is 0 Å². The van der Waals surface area contributed by atoms with E-state index in [0.29, 0.717) is 9.53 Å². The standard InChI is InChI=1S/C15H8FIN2O4/c16-8-1-3-9(4-2-8)19-14(21)11(13(20)18-15(19)22)7-10-5-6-12(17)23-10/h1-7H,(H,18,20,22)/b11-7+. The Hall–Kier alpha value is -2.49. The smallest absolute Gasteiger partial charge is 0.335 e. The van der Waals surface area contributed by atoms with E-state index in [-0.39, 0.29) is 11.3 Å². The Morgan fingerprint density at radius 1 is 1.09 bits per heavy atom. The Balaban J connectivity index is 2.00. The molecule has 0 bridgehead atoms. The lowest BCUT2D eigenvalue weighted by atomic mass is 10.1. The highest BCUT2D eigenvalue weighted by atomic mass is 127. The Labute approximate surface area is 143 Å². The molecule has 1 N–H and O–H groups in total. The van der Waals surface area contributed by atoms with Gasteiger partial charge in [-0.05, 0) is 65.1 Å². The van der Waals surface area contributed by atoms with Crippen LogP contribution >= 0.6 is 22.6 Å². The number of rotatable bonds is 2. The molecule has 0 aliphatic carbocycles. The first-order chi connectivity index (χ1) is 11.0. The second-order valence-electron chi connectivity index (χ2n) is 4.58. The van der Waals surface area contributed by atoms with Gasteiger partial charge in [0.25, 0.3) is 11.8 Å². The molecule has 0 atom stereocenters. The molecule has 1 aliphatic rings.